The predicted molar refractivity (Wildman–Crippen MR) is 33.2 cm³/mol. The molecule has 0 radical (unpaired) electrons. The lowest BCUT2D eigenvalue weighted by molar-refractivity contribution is -0.117. The van der Waals surface area contributed by atoms with Crippen LogP contribution in [0.15, 0.2) is 0 Å². The Morgan fingerprint density at radius 3 is 2.80 bits per heavy atom. The van der Waals surface area contributed by atoms with Crippen LogP contribution in [0, 0.1) is 6.92 Å². The van der Waals surface area contributed by atoms with Crippen LogP contribution in [-0.4, -0.2) is 26.0 Å². The van der Waals surface area contributed by atoms with E-state index in [1.807, 2.05) is 0 Å². The molecule has 1 rings (SSSR count). The number of tetrazole rings is 1. The Labute approximate surface area is 58.0 Å². The minimum atomic E-state index is 0.0513. The topological polar surface area (TPSA) is 60.7 Å². The van der Waals surface area contributed by atoms with Gasteiger partial charge in [-0.15, -0.1) is 5.10 Å². The number of nitrogens with zero attached hydrogens (tertiary/aromatic N) is 4. The first-order valence-corrected chi connectivity index (χ1v) is 2.92. The summed E-state index contributed by atoms with van der Waals surface area (Å²) in [5.41, 5.74) is 0. The molecule has 0 saturated carbocycles. The molecule has 0 aliphatic heterocycles. The van der Waals surface area contributed by atoms with E-state index in [9.17, 15) is 4.79 Å². The number of rotatable bonds is 2. The first kappa shape index (κ1) is 6.85. The number of aryl methyl sites for hydroxylation is 1. The Bertz CT molecular complexity index is 242. The third-order valence-corrected chi connectivity index (χ3v) is 1.08. The van der Waals surface area contributed by atoms with E-state index in [2.05, 4.69) is 15.5 Å². The lowest BCUT2D eigenvalue weighted by Crippen LogP contribution is -2.09. The molecule has 0 amide bonds. The van der Waals surface area contributed by atoms with Gasteiger partial charge < -0.3 is 0 Å². The molecule has 1 heterocycles. The van der Waals surface area contributed by atoms with Crippen LogP contribution in [0.2, 0.25) is 0 Å². The van der Waals surface area contributed by atoms with E-state index in [4.69, 9.17) is 0 Å². The van der Waals surface area contributed by atoms with E-state index < -0.39 is 0 Å². The molecule has 0 unspecified atom stereocenters. The molecular formula is C5H8N4O. The number of aromatic nitrogens is 4. The minimum absolute atomic E-state index is 0.0513. The maximum atomic E-state index is 10.5. The zero-order valence-corrected chi connectivity index (χ0v) is 5.90. The van der Waals surface area contributed by atoms with Crippen molar-refractivity contribution in [2.75, 3.05) is 0 Å². The van der Waals surface area contributed by atoms with Crippen LogP contribution in [0.5, 0.6) is 0 Å². The molecule has 0 spiro atoms. The Hall–Kier alpha value is -1.26. The second-order valence-corrected chi connectivity index (χ2v) is 2.09. The average molecular weight is 140 g/mol. The molecule has 1 aromatic heterocycles. The summed E-state index contributed by atoms with van der Waals surface area (Å²) in [6.45, 7) is 3.52. The zero-order valence-electron chi connectivity index (χ0n) is 5.90. The molecule has 0 bridgehead atoms. The largest absolute Gasteiger partial charge is 0.298 e. The fraction of sp³-hybridized carbons (Fsp3) is 0.600. The highest BCUT2D eigenvalue weighted by Gasteiger charge is 2.00. The summed E-state index contributed by atoms with van der Waals surface area (Å²) in [6.07, 6.45) is 0. The smallest absolute Gasteiger partial charge is 0.151 e. The molecular weight excluding hydrogens is 132 g/mol. The van der Waals surface area contributed by atoms with Gasteiger partial charge in [-0.2, -0.15) is 0 Å². The van der Waals surface area contributed by atoms with Gasteiger partial charge in [-0.05, 0) is 24.3 Å². The summed E-state index contributed by atoms with van der Waals surface area (Å²) in [6, 6.07) is 0. The van der Waals surface area contributed by atoms with Gasteiger partial charge in [-0.3, -0.25) is 4.79 Å². The lowest BCUT2D eigenvalue weighted by atomic mass is 10.4. The van der Waals surface area contributed by atoms with E-state index in [-0.39, 0.29) is 12.3 Å². The Balaban J connectivity index is 2.74. The van der Waals surface area contributed by atoms with Crippen molar-refractivity contribution in [2.24, 2.45) is 0 Å². The van der Waals surface area contributed by atoms with Gasteiger partial charge in [0.15, 0.2) is 5.78 Å². The molecule has 5 nitrogen and oxygen atoms in total. The first-order valence-electron chi connectivity index (χ1n) is 2.92. The van der Waals surface area contributed by atoms with Crippen molar-refractivity contribution in [2.45, 2.75) is 20.4 Å². The predicted octanol–water partition coefficient (Wildman–Crippen LogP) is -0.429. The summed E-state index contributed by atoms with van der Waals surface area (Å²) in [4.78, 5) is 10.5. The van der Waals surface area contributed by atoms with Crippen LogP contribution in [0.4, 0.5) is 0 Å². The van der Waals surface area contributed by atoms with Gasteiger partial charge in [-0.1, -0.05) is 0 Å². The quantitative estimate of drug-likeness (QED) is 0.559. The van der Waals surface area contributed by atoms with Gasteiger partial charge in [-0.25, -0.2) is 4.68 Å². The Kier molecular flexibility index (Phi) is 1.75. The molecule has 1 aromatic rings. The summed E-state index contributed by atoms with van der Waals surface area (Å²) in [5.74, 6) is 0.714. The summed E-state index contributed by atoms with van der Waals surface area (Å²) in [7, 11) is 0. The van der Waals surface area contributed by atoms with E-state index in [1.54, 1.807) is 6.92 Å². The lowest BCUT2D eigenvalue weighted by Gasteiger charge is -1.94. The molecule has 0 aromatic carbocycles. The fourth-order valence-electron chi connectivity index (χ4n) is 0.606. The molecule has 0 saturated heterocycles. The molecule has 54 valence electrons. The number of carbonyl (C=O) groups is 1. The first-order chi connectivity index (χ1) is 4.70. The van der Waals surface area contributed by atoms with Crippen LogP contribution in [-0.2, 0) is 11.3 Å². The molecule has 0 atom stereocenters. The fourth-order valence-corrected chi connectivity index (χ4v) is 0.606. The van der Waals surface area contributed by atoms with E-state index >= 15 is 0 Å². The van der Waals surface area contributed by atoms with Gasteiger partial charge >= 0.3 is 0 Å². The monoisotopic (exact) mass is 140 g/mol. The Morgan fingerprint density at radius 1 is 1.70 bits per heavy atom. The van der Waals surface area contributed by atoms with Crippen LogP contribution < -0.4 is 0 Å². The molecule has 5 heteroatoms. The Morgan fingerprint density at radius 2 is 2.40 bits per heavy atom. The maximum Gasteiger partial charge on any atom is 0.151 e. The van der Waals surface area contributed by atoms with Gasteiger partial charge in [0.05, 0.1) is 0 Å². The van der Waals surface area contributed by atoms with E-state index in [0.717, 1.165) is 0 Å². The molecule has 0 aliphatic rings. The van der Waals surface area contributed by atoms with Crippen molar-refractivity contribution in [3.05, 3.63) is 5.82 Å². The standard InChI is InChI=1S/C5H8N4O/c1-4(10)3-9-5(2)6-7-8-9/h3H2,1-2H3. The highest BCUT2D eigenvalue weighted by atomic mass is 16.1. The third kappa shape index (κ3) is 1.37. The van der Waals surface area contributed by atoms with Gasteiger partial charge in [0, 0.05) is 0 Å². The number of ketones is 1. The maximum absolute atomic E-state index is 10.5. The number of hydrogen-bond acceptors (Lipinski definition) is 4. The summed E-state index contributed by atoms with van der Waals surface area (Å²) in [5, 5.41) is 10.6. The number of Topliss-reactive ketones (excluding diaryl/α,β-unsaturated/α-hetero) is 1. The molecule has 0 fully saturated rings. The van der Waals surface area contributed by atoms with Crippen LogP contribution in [0.3, 0.4) is 0 Å². The van der Waals surface area contributed by atoms with Crippen molar-refractivity contribution in [1.82, 2.24) is 20.2 Å². The van der Waals surface area contributed by atoms with Crippen molar-refractivity contribution < 1.29 is 4.79 Å². The summed E-state index contributed by atoms with van der Waals surface area (Å²) >= 11 is 0. The van der Waals surface area contributed by atoms with Crippen molar-refractivity contribution in [1.29, 1.82) is 0 Å². The van der Waals surface area contributed by atoms with E-state index in [0.29, 0.717) is 5.82 Å². The van der Waals surface area contributed by atoms with E-state index in [1.165, 1.54) is 11.6 Å². The highest BCUT2D eigenvalue weighted by Crippen LogP contribution is 1.87. The van der Waals surface area contributed by atoms with Crippen molar-refractivity contribution in [3.63, 3.8) is 0 Å². The zero-order chi connectivity index (χ0) is 7.56. The molecule has 10 heavy (non-hydrogen) atoms. The normalized spacial score (nSPS) is 9.80. The highest BCUT2D eigenvalue weighted by molar-refractivity contribution is 5.75. The van der Waals surface area contributed by atoms with Crippen LogP contribution in [0.1, 0.15) is 12.7 Å². The molecule has 0 aliphatic carbocycles. The second kappa shape index (κ2) is 2.55. The van der Waals surface area contributed by atoms with Crippen LogP contribution >= 0.6 is 0 Å². The van der Waals surface area contributed by atoms with Crippen molar-refractivity contribution >= 4 is 5.78 Å². The average Bonchev–Trinajstić information content (AvgIpc) is 2.15. The SMILES string of the molecule is CC(=O)Cn1nnnc1C. The third-order valence-electron chi connectivity index (χ3n) is 1.08. The summed E-state index contributed by atoms with van der Waals surface area (Å²) < 4.78 is 1.46. The van der Waals surface area contributed by atoms with Crippen LogP contribution in [0.25, 0.3) is 0 Å². The number of carbonyl (C=O) groups excluding carboxylic acids is 1. The van der Waals surface area contributed by atoms with Gasteiger partial charge in [0.2, 0.25) is 0 Å². The van der Waals surface area contributed by atoms with Gasteiger partial charge in [0.1, 0.15) is 12.4 Å². The number of hydrogen-bond donors (Lipinski definition) is 0. The molecule has 0 N–H and O–H groups in total. The minimum Gasteiger partial charge on any atom is -0.298 e. The van der Waals surface area contributed by atoms with Crippen molar-refractivity contribution in [3.8, 4) is 0 Å². The second-order valence-electron chi connectivity index (χ2n) is 2.09. The van der Waals surface area contributed by atoms with Gasteiger partial charge in [0.25, 0.3) is 0 Å².